The second kappa shape index (κ2) is 6.86. The summed E-state index contributed by atoms with van der Waals surface area (Å²) < 4.78 is 15.2. The Labute approximate surface area is 174 Å². The molecule has 0 atom stereocenters. The van der Waals surface area contributed by atoms with E-state index in [-0.39, 0.29) is 16.4 Å². The van der Waals surface area contributed by atoms with Crippen molar-refractivity contribution >= 4 is 28.6 Å². The summed E-state index contributed by atoms with van der Waals surface area (Å²) in [6.45, 7) is 11.4. The Kier molecular flexibility index (Phi) is 4.67. The summed E-state index contributed by atoms with van der Waals surface area (Å²) in [5, 5.41) is 0.702. The first kappa shape index (κ1) is 20.4. The lowest BCUT2D eigenvalue weighted by Crippen LogP contribution is -2.44. The summed E-state index contributed by atoms with van der Waals surface area (Å²) in [5.41, 5.74) is 2.78. The number of esters is 2. The van der Waals surface area contributed by atoms with Gasteiger partial charge in [-0.05, 0) is 41.4 Å². The van der Waals surface area contributed by atoms with Crippen LogP contribution in [0.1, 0.15) is 68.9 Å². The van der Waals surface area contributed by atoms with Gasteiger partial charge in [-0.2, -0.15) is 0 Å². The molecule has 3 heterocycles. The van der Waals surface area contributed by atoms with Crippen molar-refractivity contribution in [2.45, 2.75) is 58.3 Å². The van der Waals surface area contributed by atoms with E-state index in [1.807, 2.05) is 6.07 Å². The minimum atomic E-state index is -0.876. The lowest BCUT2D eigenvalue weighted by molar-refractivity contribution is -0.149. The molecule has 4 rings (SSSR count). The van der Waals surface area contributed by atoms with Crippen molar-refractivity contribution in [1.82, 2.24) is 0 Å². The highest BCUT2D eigenvalue weighted by Crippen LogP contribution is 2.51. The highest BCUT2D eigenvalue weighted by molar-refractivity contribution is 5.96. The molecule has 0 radical (unpaired) electrons. The van der Waals surface area contributed by atoms with Crippen LogP contribution in [0.2, 0.25) is 0 Å². The van der Waals surface area contributed by atoms with Crippen molar-refractivity contribution in [2.24, 2.45) is 0 Å². The third kappa shape index (κ3) is 3.26. The molecule has 2 aromatic rings. The largest absolute Gasteiger partial charge is 0.428 e. The number of rotatable bonds is 3. The topological polar surface area (TPSA) is 86.0 Å². The van der Waals surface area contributed by atoms with Gasteiger partial charge in [0.15, 0.2) is 0 Å². The number of fused-ring (bicyclic) bond motifs is 2. The fourth-order valence-electron chi connectivity index (χ4n) is 4.54. The van der Waals surface area contributed by atoms with Crippen molar-refractivity contribution in [3.8, 4) is 0 Å². The Hall–Kier alpha value is -2.83. The minimum absolute atomic E-state index is 0.0334. The molecule has 0 bridgehead atoms. The van der Waals surface area contributed by atoms with Gasteiger partial charge in [-0.15, -0.1) is 0 Å². The maximum Gasteiger partial charge on any atom is 0.351 e. The van der Waals surface area contributed by atoms with Gasteiger partial charge in [-0.25, -0.2) is 9.59 Å². The zero-order valence-corrected chi connectivity index (χ0v) is 18.1. The first-order chi connectivity index (χ1) is 14.0. The molecule has 0 saturated heterocycles. The van der Waals surface area contributed by atoms with Crippen LogP contribution in [0.25, 0.3) is 11.0 Å². The molecule has 1 aromatic heterocycles. The number of carbonyl (C=O) groups excluding carboxylic acids is 2. The molecule has 0 amide bonds. The van der Waals surface area contributed by atoms with Crippen LogP contribution in [-0.4, -0.2) is 31.8 Å². The third-order valence-corrected chi connectivity index (χ3v) is 6.40. The van der Waals surface area contributed by atoms with Crippen molar-refractivity contribution in [3.05, 3.63) is 39.2 Å². The third-order valence-electron chi connectivity index (χ3n) is 6.40. The Bertz CT molecular complexity index is 1110. The molecule has 0 spiro atoms. The smallest absolute Gasteiger partial charge is 0.351 e. The fourth-order valence-corrected chi connectivity index (χ4v) is 4.54. The molecular weight excluding hydrogens is 386 g/mol. The normalized spacial score (nSPS) is 18.6. The Morgan fingerprint density at radius 2 is 1.73 bits per heavy atom. The van der Waals surface area contributed by atoms with Crippen LogP contribution in [0.5, 0.6) is 0 Å². The van der Waals surface area contributed by atoms with E-state index in [0.29, 0.717) is 11.0 Å². The average molecular weight is 413 g/mol. The first-order valence-electron chi connectivity index (χ1n) is 10.2. The van der Waals surface area contributed by atoms with Crippen molar-refractivity contribution in [1.29, 1.82) is 0 Å². The molecule has 1 aromatic carbocycles. The standard InChI is InChI=1S/C23H27NO6/c1-13(25)28-12-29-20(26)15-10-14-11-16-18-17(19(14)30-21(15)27)23(4,5)7-9-24(18)8-6-22(16,2)3/h10-11H,6-9,12H2,1-5H3. The molecule has 0 N–H and O–H groups in total. The summed E-state index contributed by atoms with van der Waals surface area (Å²) in [7, 11) is 0. The quantitative estimate of drug-likeness (QED) is 0.431. The molecule has 0 saturated carbocycles. The first-order valence-corrected chi connectivity index (χ1v) is 10.2. The molecule has 0 fully saturated rings. The van der Waals surface area contributed by atoms with Gasteiger partial charge in [0.2, 0.25) is 6.79 Å². The molecule has 0 unspecified atom stereocenters. The number of benzene rings is 1. The van der Waals surface area contributed by atoms with Crippen LogP contribution in [0, 0.1) is 0 Å². The molecule has 2 aliphatic rings. The summed E-state index contributed by atoms with van der Waals surface area (Å²) in [4.78, 5) is 38.3. The Balaban J connectivity index is 1.90. The van der Waals surface area contributed by atoms with Crippen LogP contribution in [0.4, 0.5) is 5.69 Å². The van der Waals surface area contributed by atoms with Gasteiger partial charge in [-0.1, -0.05) is 27.7 Å². The van der Waals surface area contributed by atoms with E-state index in [1.54, 1.807) is 0 Å². The van der Waals surface area contributed by atoms with E-state index in [1.165, 1.54) is 24.2 Å². The maximum atomic E-state index is 12.7. The molecule has 0 aliphatic carbocycles. The molecule has 2 aliphatic heterocycles. The van der Waals surface area contributed by atoms with E-state index in [2.05, 4.69) is 37.3 Å². The number of anilines is 1. The molecule has 160 valence electrons. The van der Waals surface area contributed by atoms with Crippen molar-refractivity contribution in [2.75, 3.05) is 24.8 Å². The Morgan fingerprint density at radius 1 is 1.07 bits per heavy atom. The number of carbonyl (C=O) groups is 2. The van der Waals surface area contributed by atoms with Crippen LogP contribution in [0.3, 0.4) is 0 Å². The zero-order chi connectivity index (χ0) is 21.8. The van der Waals surface area contributed by atoms with Gasteiger partial charge in [-0.3, -0.25) is 4.79 Å². The van der Waals surface area contributed by atoms with Gasteiger partial charge in [0.05, 0.1) is 0 Å². The SMILES string of the molecule is CC(=O)OCOC(=O)c1cc2cc3c4c(c2oc1=O)C(C)(C)CCN4CCC3(C)C. The monoisotopic (exact) mass is 413 g/mol. The van der Waals surface area contributed by atoms with Crippen LogP contribution in [0.15, 0.2) is 21.3 Å². The fraction of sp³-hybridized carbons (Fsp3) is 0.522. The number of hydrogen-bond donors (Lipinski definition) is 0. The van der Waals surface area contributed by atoms with Crippen molar-refractivity contribution < 1.29 is 23.5 Å². The maximum absolute atomic E-state index is 12.7. The van der Waals surface area contributed by atoms with Gasteiger partial charge in [0.1, 0.15) is 11.1 Å². The van der Waals surface area contributed by atoms with Gasteiger partial charge in [0.25, 0.3) is 0 Å². The summed E-state index contributed by atoms with van der Waals surface area (Å²) in [6, 6.07) is 3.57. The van der Waals surface area contributed by atoms with Crippen molar-refractivity contribution in [3.63, 3.8) is 0 Å². The molecule has 30 heavy (non-hydrogen) atoms. The average Bonchev–Trinajstić information content (AvgIpc) is 2.64. The van der Waals surface area contributed by atoms with Crippen LogP contribution < -0.4 is 10.5 Å². The van der Waals surface area contributed by atoms with Gasteiger partial charge in [0, 0.05) is 36.7 Å². The predicted octanol–water partition coefficient (Wildman–Crippen LogP) is 3.64. The minimum Gasteiger partial charge on any atom is -0.428 e. The number of hydrogen-bond acceptors (Lipinski definition) is 7. The Morgan fingerprint density at radius 3 is 2.40 bits per heavy atom. The van der Waals surface area contributed by atoms with Gasteiger partial charge < -0.3 is 18.8 Å². The van der Waals surface area contributed by atoms with E-state index in [0.717, 1.165) is 31.5 Å². The second-order valence-corrected chi connectivity index (χ2v) is 9.45. The van der Waals surface area contributed by atoms with Crippen LogP contribution in [-0.2, 0) is 25.1 Å². The highest BCUT2D eigenvalue weighted by Gasteiger charge is 2.42. The molecular formula is C23H27NO6. The summed E-state index contributed by atoms with van der Waals surface area (Å²) in [6.07, 6.45) is 1.98. The van der Waals surface area contributed by atoms with E-state index < -0.39 is 24.4 Å². The van der Waals surface area contributed by atoms with Gasteiger partial charge >= 0.3 is 17.6 Å². The van der Waals surface area contributed by atoms with E-state index in [9.17, 15) is 14.4 Å². The summed E-state index contributed by atoms with van der Waals surface area (Å²) in [5.74, 6) is -1.45. The van der Waals surface area contributed by atoms with E-state index in [4.69, 9.17) is 9.15 Å². The number of nitrogens with zero attached hydrogens (tertiary/aromatic N) is 1. The predicted molar refractivity (Wildman–Crippen MR) is 112 cm³/mol. The lowest BCUT2D eigenvalue weighted by atomic mass is 9.69. The molecule has 7 heteroatoms. The van der Waals surface area contributed by atoms with Crippen LogP contribution >= 0.6 is 0 Å². The summed E-state index contributed by atoms with van der Waals surface area (Å²) >= 11 is 0. The second-order valence-electron chi connectivity index (χ2n) is 9.45. The lowest BCUT2D eigenvalue weighted by Gasteiger charge is -2.48. The number of ether oxygens (including phenoxy) is 2. The van der Waals surface area contributed by atoms with E-state index >= 15 is 0 Å². The zero-order valence-electron chi connectivity index (χ0n) is 18.1. The highest BCUT2D eigenvalue weighted by atomic mass is 16.7. The molecule has 7 nitrogen and oxygen atoms in total.